The first-order valence-corrected chi connectivity index (χ1v) is 17.7. The van der Waals surface area contributed by atoms with Crippen molar-refractivity contribution in [2.75, 3.05) is 10.8 Å². The summed E-state index contributed by atoms with van der Waals surface area (Å²) >= 11 is 9.93. The van der Waals surface area contributed by atoms with Crippen LogP contribution < -0.4 is 9.62 Å². The lowest BCUT2D eigenvalue weighted by Gasteiger charge is -2.34. The Kier molecular flexibility index (Phi) is 12.1. The largest absolute Gasteiger partial charge is 0.352 e. The highest BCUT2D eigenvalue weighted by Crippen LogP contribution is 2.31. The van der Waals surface area contributed by atoms with Gasteiger partial charge in [0.2, 0.25) is 11.8 Å². The average Bonchev–Trinajstić information content (AvgIpc) is 3.04. The summed E-state index contributed by atoms with van der Waals surface area (Å²) < 4.78 is 30.5. The van der Waals surface area contributed by atoms with Gasteiger partial charge in [-0.2, -0.15) is 0 Å². The number of aryl methyl sites for hydroxylation is 1. The number of nitrogens with zero attached hydrogens (tertiary/aromatic N) is 2. The van der Waals surface area contributed by atoms with Gasteiger partial charge in [0.1, 0.15) is 12.6 Å². The zero-order chi connectivity index (χ0) is 33.4. The molecule has 0 bridgehead atoms. The fourth-order valence-corrected chi connectivity index (χ4v) is 6.90. The summed E-state index contributed by atoms with van der Waals surface area (Å²) in [6.07, 6.45) is 0.952. The van der Waals surface area contributed by atoms with Gasteiger partial charge in [0.05, 0.1) is 10.6 Å². The normalized spacial score (nSPS) is 12.7. The number of anilines is 1. The van der Waals surface area contributed by atoms with Crippen LogP contribution in [0, 0.1) is 13.8 Å². The molecule has 10 heteroatoms. The molecule has 2 atom stereocenters. The molecule has 0 aliphatic rings. The van der Waals surface area contributed by atoms with E-state index in [9.17, 15) is 18.0 Å². The molecule has 4 rings (SSSR count). The molecule has 2 amide bonds. The van der Waals surface area contributed by atoms with E-state index in [1.807, 2.05) is 75.4 Å². The Morgan fingerprint density at radius 3 is 2.15 bits per heavy atom. The van der Waals surface area contributed by atoms with Crippen molar-refractivity contribution in [1.82, 2.24) is 10.2 Å². The van der Waals surface area contributed by atoms with Crippen molar-refractivity contribution >= 4 is 55.1 Å². The molecule has 0 saturated heterocycles. The van der Waals surface area contributed by atoms with E-state index in [0.29, 0.717) is 17.0 Å². The molecule has 242 valence electrons. The lowest BCUT2D eigenvalue weighted by molar-refractivity contribution is -0.140. The SMILES string of the molecule is CC[C@H](C)NC(=O)[C@H](Cc1ccccc1)N(Cc1ccc(Br)cc1)C(=O)CN(c1cccc(Cl)c1C)S(=O)(=O)c1ccc(C)cc1. The highest BCUT2D eigenvalue weighted by atomic mass is 79.9. The Bertz CT molecular complexity index is 1750. The van der Waals surface area contributed by atoms with E-state index in [0.717, 1.165) is 25.5 Å². The topological polar surface area (TPSA) is 86.8 Å². The minimum atomic E-state index is -4.22. The second-order valence-electron chi connectivity index (χ2n) is 11.4. The molecule has 4 aromatic carbocycles. The highest BCUT2D eigenvalue weighted by Gasteiger charge is 2.35. The number of carbonyl (C=O) groups is 2. The Labute approximate surface area is 285 Å². The number of hydrogen-bond donors (Lipinski definition) is 1. The fraction of sp³-hybridized carbons (Fsp3) is 0.278. The number of rotatable bonds is 13. The van der Waals surface area contributed by atoms with Crippen LogP contribution in [0.1, 0.15) is 42.5 Å². The van der Waals surface area contributed by atoms with Crippen LogP contribution in [0.25, 0.3) is 0 Å². The van der Waals surface area contributed by atoms with Crippen LogP contribution in [0.3, 0.4) is 0 Å². The Balaban J connectivity index is 1.83. The first kappa shape index (κ1) is 35.2. The molecule has 0 fully saturated rings. The van der Waals surface area contributed by atoms with Crippen molar-refractivity contribution in [1.29, 1.82) is 0 Å². The number of hydrogen-bond acceptors (Lipinski definition) is 4. The maximum Gasteiger partial charge on any atom is 0.264 e. The van der Waals surface area contributed by atoms with E-state index < -0.39 is 28.5 Å². The fourth-order valence-electron chi connectivity index (χ4n) is 5.00. The molecule has 4 aromatic rings. The maximum absolute atomic E-state index is 14.6. The molecule has 1 N–H and O–H groups in total. The quantitative estimate of drug-likeness (QED) is 0.155. The molecular formula is C36H39BrClN3O4S. The van der Waals surface area contributed by atoms with Crippen LogP contribution in [0.5, 0.6) is 0 Å². The smallest absolute Gasteiger partial charge is 0.264 e. The molecule has 7 nitrogen and oxygen atoms in total. The van der Waals surface area contributed by atoms with Gasteiger partial charge in [0.15, 0.2) is 0 Å². The summed E-state index contributed by atoms with van der Waals surface area (Å²) in [4.78, 5) is 30.1. The van der Waals surface area contributed by atoms with Gasteiger partial charge in [-0.25, -0.2) is 8.42 Å². The molecule has 0 radical (unpaired) electrons. The standard InChI is InChI=1S/C36H39BrClN3O4S/c1-5-26(3)39-36(43)34(22-28-10-7-6-8-11-28)40(23-29-16-18-30(37)19-17-29)35(42)24-41(33-13-9-12-32(38)27(33)4)46(44,45)31-20-14-25(2)15-21-31/h6-21,26,34H,5,22-24H2,1-4H3,(H,39,43)/t26-,34-/m0/s1. The van der Waals surface area contributed by atoms with Gasteiger partial charge in [0, 0.05) is 28.5 Å². The van der Waals surface area contributed by atoms with Crippen molar-refractivity contribution in [3.8, 4) is 0 Å². The highest BCUT2D eigenvalue weighted by molar-refractivity contribution is 9.10. The molecule has 0 heterocycles. The van der Waals surface area contributed by atoms with E-state index in [1.54, 1.807) is 37.3 Å². The van der Waals surface area contributed by atoms with Gasteiger partial charge >= 0.3 is 0 Å². The molecule has 0 saturated carbocycles. The third-order valence-corrected chi connectivity index (χ3v) is 10.6. The number of carbonyl (C=O) groups excluding carboxylic acids is 2. The summed E-state index contributed by atoms with van der Waals surface area (Å²) in [5, 5.41) is 3.42. The summed E-state index contributed by atoms with van der Waals surface area (Å²) in [5.41, 5.74) is 3.36. The van der Waals surface area contributed by atoms with Crippen LogP contribution in [-0.2, 0) is 32.6 Å². The minimum absolute atomic E-state index is 0.0417. The number of sulfonamides is 1. The van der Waals surface area contributed by atoms with E-state index in [4.69, 9.17) is 11.6 Å². The number of amides is 2. The average molecular weight is 725 g/mol. The summed E-state index contributed by atoms with van der Waals surface area (Å²) in [5.74, 6) is -0.839. The van der Waals surface area contributed by atoms with Gasteiger partial charge in [-0.05, 0) is 80.3 Å². The third kappa shape index (κ3) is 8.78. The van der Waals surface area contributed by atoms with Gasteiger partial charge < -0.3 is 10.2 Å². The zero-order valence-corrected chi connectivity index (χ0v) is 29.6. The predicted molar refractivity (Wildman–Crippen MR) is 188 cm³/mol. The van der Waals surface area contributed by atoms with Gasteiger partial charge in [-0.3, -0.25) is 13.9 Å². The monoisotopic (exact) mass is 723 g/mol. The first-order valence-electron chi connectivity index (χ1n) is 15.1. The van der Waals surface area contributed by atoms with Crippen molar-refractivity contribution in [2.24, 2.45) is 0 Å². The number of benzene rings is 4. The maximum atomic E-state index is 14.6. The molecule has 0 spiro atoms. The molecule has 0 aromatic heterocycles. The van der Waals surface area contributed by atoms with E-state index >= 15 is 0 Å². The van der Waals surface area contributed by atoms with Crippen molar-refractivity contribution < 1.29 is 18.0 Å². The Morgan fingerprint density at radius 1 is 0.870 bits per heavy atom. The molecule has 0 unspecified atom stereocenters. The lowest BCUT2D eigenvalue weighted by atomic mass is 10.0. The van der Waals surface area contributed by atoms with Crippen LogP contribution >= 0.6 is 27.5 Å². The molecular weight excluding hydrogens is 686 g/mol. The number of nitrogens with one attached hydrogen (secondary N) is 1. The summed E-state index contributed by atoms with van der Waals surface area (Å²) in [7, 11) is -4.22. The summed E-state index contributed by atoms with van der Waals surface area (Å²) in [6, 6.07) is 27.4. The van der Waals surface area contributed by atoms with Crippen LogP contribution in [-0.4, -0.2) is 43.8 Å². The second-order valence-corrected chi connectivity index (χ2v) is 14.6. The molecule has 0 aliphatic carbocycles. The number of halogens is 2. The van der Waals surface area contributed by atoms with Crippen LogP contribution in [0.15, 0.2) is 106 Å². The lowest BCUT2D eigenvalue weighted by Crippen LogP contribution is -2.54. The van der Waals surface area contributed by atoms with E-state index in [2.05, 4.69) is 21.2 Å². The van der Waals surface area contributed by atoms with Gasteiger partial charge in [-0.15, -0.1) is 0 Å². The minimum Gasteiger partial charge on any atom is -0.352 e. The van der Waals surface area contributed by atoms with E-state index in [1.165, 1.54) is 17.0 Å². The third-order valence-electron chi connectivity index (χ3n) is 7.93. The Morgan fingerprint density at radius 2 is 1.52 bits per heavy atom. The molecule has 0 aliphatic heterocycles. The first-order chi connectivity index (χ1) is 21.9. The van der Waals surface area contributed by atoms with Crippen LogP contribution in [0.4, 0.5) is 5.69 Å². The van der Waals surface area contributed by atoms with Gasteiger partial charge in [-0.1, -0.05) is 101 Å². The zero-order valence-electron chi connectivity index (χ0n) is 26.4. The predicted octanol–water partition coefficient (Wildman–Crippen LogP) is 7.47. The van der Waals surface area contributed by atoms with Crippen molar-refractivity contribution in [3.05, 3.63) is 129 Å². The van der Waals surface area contributed by atoms with Crippen molar-refractivity contribution in [3.63, 3.8) is 0 Å². The Hall–Kier alpha value is -3.66. The van der Waals surface area contributed by atoms with E-state index in [-0.39, 0.29) is 35.5 Å². The van der Waals surface area contributed by atoms with Gasteiger partial charge in [0.25, 0.3) is 10.0 Å². The molecule has 46 heavy (non-hydrogen) atoms. The second kappa shape index (κ2) is 15.8. The summed E-state index contributed by atoms with van der Waals surface area (Å²) in [6.45, 7) is 7.02. The van der Waals surface area contributed by atoms with Crippen molar-refractivity contribution in [2.45, 2.75) is 64.1 Å². The van der Waals surface area contributed by atoms with Crippen LogP contribution in [0.2, 0.25) is 5.02 Å².